The van der Waals surface area contributed by atoms with Crippen molar-refractivity contribution in [2.45, 2.75) is 7.43 Å². The van der Waals surface area contributed by atoms with Gasteiger partial charge in [0.1, 0.15) is 0 Å². The molecule has 0 N–H and O–H groups in total. The van der Waals surface area contributed by atoms with E-state index in [1.54, 1.807) is 0 Å². The first kappa shape index (κ1) is 16.2. The normalized spacial score (nSPS) is 4.50. The molecule has 0 bridgehead atoms. The smallest absolute Gasteiger partial charge is 0.254 e. The third-order valence-corrected chi connectivity index (χ3v) is 0. The second kappa shape index (κ2) is 9.03. The molecule has 0 saturated heterocycles. The van der Waals surface area contributed by atoms with Crippen LogP contribution in [0.15, 0.2) is 0 Å². The van der Waals surface area contributed by atoms with Crippen LogP contribution in [0.25, 0.3) is 0 Å². The Labute approximate surface area is 45.8 Å². The van der Waals surface area contributed by atoms with Gasteiger partial charge in [0.15, 0.2) is 0 Å². The van der Waals surface area contributed by atoms with Crippen molar-refractivity contribution in [2.75, 3.05) is 0 Å². The predicted molar refractivity (Wildman–Crippen MR) is 15.8 cm³/mol. The maximum absolute atomic E-state index is 9.67. The second-order valence-corrected chi connectivity index (χ2v) is 0.247. The Kier molecular flexibility index (Phi) is 24.3. The first-order chi connectivity index (χ1) is 1.73. The van der Waals surface area contributed by atoms with E-state index in [0.717, 1.165) is 0 Å². The Morgan fingerprint density at radius 3 is 1.00 bits per heavy atom. The Morgan fingerprint density at radius 2 is 1.00 bits per heavy atom. The van der Waals surface area contributed by atoms with Crippen molar-refractivity contribution >= 4 is 7.54 Å². The number of halogens is 3. The summed E-state index contributed by atoms with van der Waals surface area (Å²) in [6.45, 7) is 0. The number of rotatable bonds is 0. The Bertz CT molecular complexity index is 15.5. The van der Waals surface area contributed by atoms with Gasteiger partial charge in [-0.25, -0.2) is 0 Å². The number of hydrogen-bond acceptors (Lipinski definition) is 0. The summed E-state index contributed by atoms with van der Waals surface area (Å²) in [4.78, 5) is 0. The van der Waals surface area contributed by atoms with Crippen LogP contribution in [0.1, 0.15) is 7.43 Å². The van der Waals surface area contributed by atoms with E-state index in [4.69, 9.17) is 0 Å². The van der Waals surface area contributed by atoms with E-state index in [2.05, 4.69) is 0 Å². The van der Waals surface area contributed by atoms with Crippen molar-refractivity contribution in [1.29, 1.82) is 0 Å². The molecule has 0 fully saturated rings. The molecule has 0 aromatic carbocycles. The van der Waals surface area contributed by atoms with Gasteiger partial charge in [-0.3, -0.25) is 12.9 Å². The summed E-state index contributed by atoms with van der Waals surface area (Å²) in [6.07, 6.45) is 0. The topological polar surface area (TPSA) is 0 Å². The fraction of sp³-hybridized carbons (Fsp3) is 1.00. The zero-order valence-corrected chi connectivity index (χ0v) is 3.17. The Balaban J connectivity index is -0.0000000450. The summed E-state index contributed by atoms with van der Waals surface area (Å²) in [5.41, 5.74) is 0. The van der Waals surface area contributed by atoms with Gasteiger partial charge in [-0.1, -0.05) is 7.43 Å². The van der Waals surface area contributed by atoms with E-state index in [1.807, 2.05) is 0 Å². The van der Waals surface area contributed by atoms with E-state index in [-0.39, 0.29) is 24.5 Å². The summed E-state index contributed by atoms with van der Waals surface area (Å²) in [6, 6.07) is 0. The molecule has 5 heteroatoms. The molecule has 0 spiro atoms. The molecule has 0 radical (unpaired) electrons. The van der Waals surface area contributed by atoms with Crippen LogP contribution in [-0.4, -0.2) is 7.54 Å². The molecule has 0 saturated carbocycles. The van der Waals surface area contributed by atoms with Crippen LogP contribution in [-0.2, 0) is 17.1 Å². The molecule has 0 aromatic rings. The van der Waals surface area contributed by atoms with Crippen molar-refractivity contribution in [2.24, 2.45) is 0 Å². The van der Waals surface area contributed by atoms with Gasteiger partial charge in [0.2, 0.25) is 0 Å². The third-order valence-electron chi connectivity index (χ3n) is 0. The molecule has 0 aromatic heterocycles. The van der Waals surface area contributed by atoms with Crippen LogP contribution in [0.3, 0.4) is 0 Å². The number of hydrogen-bond donors (Lipinski definition) is 0. The molecule has 0 amide bonds. The van der Waals surface area contributed by atoms with Gasteiger partial charge in [-0.2, -0.15) is 0 Å². The van der Waals surface area contributed by atoms with Gasteiger partial charge < -0.3 is 0 Å². The molecule has 0 heterocycles. The Morgan fingerprint density at radius 1 is 1.00 bits per heavy atom. The molecule has 0 atom stereocenters. The van der Waals surface area contributed by atoms with Gasteiger partial charge in [0.05, 0.1) is 0 Å². The van der Waals surface area contributed by atoms with Gasteiger partial charge in [-0.05, 0) is 0 Å². The van der Waals surface area contributed by atoms with Gasteiger partial charge >= 0.3 is 7.54 Å². The van der Waals surface area contributed by atoms with Crippen LogP contribution >= 0.6 is 0 Å². The van der Waals surface area contributed by atoms with Gasteiger partial charge in [0, 0.05) is 17.1 Å². The summed E-state index contributed by atoms with van der Waals surface area (Å²) >= 11 is 0. The fourth-order valence-electron chi connectivity index (χ4n) is 0. The van der Waals surface area contributed by atoms with Crippen LogP contribution in [0.5, 0.6) is 0 Å². The van der Waals surface area contributed by atoms with Crippen LogP contribution in [0.2, 0.25) is 0 Å². The maximum Gasteiger partial charge on any atom is 0.762 e. The summed E-state index contributed by atoms with van der Waals surface area (Å²) < 4.78 is 29.0. The molecule has 0 aliphatic carbocycles. The van der Waals surface area contributed by atoms with Gasteiger partial charge in [0.25, 0.3) is 0 Å². The van der Waals surface area contributed by atoms with Crippen molar-refractivity contribution in [3.63, 3.8) is 0 Å². The molecule has 6 heavy (non-hydrogen) atoms. The molecule has 0 aliphatic heterocycles. The summed E-state index contributed by atoms with van der Waals surface area (Å²) in [5, 5.41) is 0. The van der Waals surface area contributed by atoms with Crippen LogP contribution in [0, 0.1) is 0 Å². The van der Waals surface area contributed by atoms with E-state index in [0.29, 0.717) is 0 Å². The second-order valence-electron chi connectivity index (χ2n) is 0.247. The first-order valence-electron chi connectivity index (χ1n) is 0.655. The largest absolute Gasteiger partial charge is 0.762 e. The molecular weight excluding hydrogens is 136 g/mol. The van der Waals surface area contributed by atoms with E-state index < -0.39 is 7.54 Å². The molecule has 0 nitrogen and oxygen atoms in total. The first-order valence-corrected chi connectivity index (χ1v) is 0.655. The fourth-order valence-corrected chi connectivity index (χ4v) is 0. The third kappa shape index (κ3) is 355. The van der Waals surface area contributed by atoms with Crippen molar-refractivity contribution in [3.8, 4) is 0 Å². The average Bonchev–Trinajstić information content (AvgIpc) is 0.811. The SMILES string of the molecule is C.FB(F)F.[Fe]. The summed E-state index contributed by atoms with van der Waals surface area (Å²) in [7, 11) is -3.67. The minimum atomic E-state index is -3.67. The molecule has 0 rings (SSSR count). The van der Waals surface area contributed by atoms with Crippen LogP contribution in [0.4, 0.5) is 12.9 Å². The van der Waals surface area contributed by atoms with Crippen molar-refractivity contribution in [1.82, 2.24) is 0 Å². The maximum atomic E-state index is 9.67. The van der Waals surface area contributed by atoms with Crippen LogP contribution < -0.4 is 0 Å². The molecule has 40 valence electrons. The van der Waals surface area contributed by atoms with E-state index >= 15 is 0 Å². The van der Waals surface area contributed by atoms with E-state index in [1.165, 1.54) is 0 Å². The zero-order chi connectivity index (χ0) is 3.58. The Hall–Kier alpha value is 0.374. The summed E-state index contributed by atoms with van der Waals surface area (Å²) in [5.74, 6) is 0. The average molecular weight is 140 g/mol. The van der Waals surface area contributed by atoms with Gasteiger partial charge in [-0.15, -0.1) is 0 Å². The molecule has 0 aliphatic rings. The minimum Gasteiger partial charge on any atom is -0.254 e. The van der Waals surface area contributed by atoms with Crippen molar-refractivity contribution < 1.29 is 30.0 Å². The monoisotopic (exact) mass is 140 g/mol. The standard InChI is InChI=1S/CH4.BF3.Fe/c;2-1(3)4;/h1H4;;. The van der Waals surface area contributed by atoms with Crippen molar-refractivity contribution in [3.05, 3.63) is 0 Å². The predicted octanol–water partition coefficient (Wildman–Crippen LogP) is 1.51. The zero-order valence-electron chi connectivity index (χ0n) is 2.06. The quantitative estimate of drug-likeness (QED) is 0.447. The molecule has 0 unspecified atom stereocenters. The molecular formula is CH4BF3Fe. The van der Waals surface area contributed by atoms with E-state index in [9.17, 15) is 12.9 Å². The minimum absolute atomic E-state index is 0.